The first kappa shape index (κ1) is 27.3. The maximum absolute atomic E-state index is 13.1. The molecular weight excluding hydrogens is 529 g/mol. The summed E-state index contributed by atoms with van der Waals surface area (Å²) >= 11 is 12.0. The van der Waals surface area contributed by atoms with Gasteiger partial charge in [0.1, 0.15) is 0 Å². The zero-order valence-electron chi connectivity index (χ0n) is 20.2. The molecule has 0 spiro atoms. The van der Waals surface area contributed by atoms with Gasteiger partial charge >= 0.3 is 0 Å². The number of benzene rings is 3. The quantitative estimate of drug-likeness (QED) is 0.307. The zero-order chi connectivity index (χ0) is 26.5. The summed E-state index contributed by atoms with van der Waals surface area (Å²) in [5.74, 6) is 2.17. The molecule has 36 heavy (non-hydrogen) atoms. The predicted octanol–water partition coefficient (Wildman–Crippen LogP) is 6.01. The monoisotopic (exact) mass is 553 g/mol. The van der Waals surface area contributed by atoms with Crippen LogP contribution >= 0.6 is 23.2 Å². The van der Waals surface area contributed by atoms with Crippen LogP contribution in [-0.4, -0.2) is 44.0 Å². The molecule has 0 unspecified atom stereocenters. The molecule has 0 radical (unpaired) electrons. The van der Waals surface area contributed by atoms with Crippen LogP contribution < -0.4 is 28.4 Å². The molecule has 0 saturated heterocycles. The summed E-state index contributed by atoms with van der Waals surface area (Å²) in [5.41, 5.74) is 1.48. The van der Waals surface area contributed by atoms with Crippen molar-refractivity contribution in [2.75, 3.05) is 40.3 Å². The van der Waals surface area contributed by atoms with E-state index in [1.807, 2.05) is 0 Å². The van der Waals surface area contributed by atoms with Crippen molar-refractivity contribution in [3.8, 4) is 28.7 Å². The summed E-state index contributed by atoms with van der Waals surface area (Å²) in [5, 5.41) is 0.366. The first-order valence-corrected chi connectivity index (χ1v) is 12.6. The van der Waals surface area contributed by atoms with E-state index in [1.54, 1.807) is 30.4 Å². The Kier molecular flexibility index (Phi) is 8.84. The lowest BCUT2D eigenvalue weighted by Gasteiger charge is -2.16. The van der Waals surface area contributed by atoms with Gasteiger partial charge in [0.25, 0.3) is 10.0 Å². The lowest BCUT2D eigenvalue weighted by Crippen LogP contribution is -2.14. The van der Waals surface area contributed by atoms with Crippen molar-refractivity contribution < 1.29 is 32.1 Å². The van der Waals surface area contributed by atoms with Crippen LogP contribution in [0, 0.1) is 0 Å². The van der Waals surface area contributed by atoms with Crippen LogP contribution in [0.2, 0.25) is 10.0 Å². The average Bonchev–Trinajstić information content (AvgIpc) is 2.88. The Morgan fingerprint density at radius 3 is 1.81 bits per heavy atom. The molecule has 11 heteroatoms. The summed E-state index contributed by atoms with van der Waals surface area (Å²) in [7, 11) is 3.50. The number of hydrogen-bond donors (Lipinski definition) is 1. The third-order valence-electron chi connectivity index (χ3n) is 5.14. The fourth-order valence-electron chi connectivity index (χ4n) is 3.35. The second-order valence-electron chi connectivity index (χ2n) is 7.27. The first-order valence-electron chi connectivity index (χ1n) is 10.4. The van der Waals surface area contributed by atoms with E-state index in [0.717, 1.165) is 5.56 Å². The number of halogens is 2. The second-order valence-corrected chi connectivity index (χ2v) is 9.76. The summed E-state index contributed by atoms with van der Waals surface area (Å²) in [4.78, 5) is -0.0498. The Hall–Kier alpha value is -3.27. The van der Waals surface area contributed by atoms with Gasteiger partial charge in [-0.2, -0.15) is 0 Å². The summed E-state index contributed by atoms with van der Waals surface area (Å²) in [6, 6.07) is 10.8. The normalized spacial score (nSPS) is 11.3. The minimum atomic E-state index is -4.01. The largest absolute Gasteiger partial charge is 0.493 e. The third kappa shape index (κ3) is 5.92. The van der Waals surface area contributed by atoms with E-state index in [9.17, 15) is 8.42 Å². The van der Waals surface area contributed by atoms with Crippen LogP contribution in [0.3, 0.4) is 0 Å². The summed E-state index contributed by atoms with van der Waals surface area (Å²) < 4.78 is 55.8. The molecule has 1 N–H and O–H groups in total. The number of rotatable bonds is 10. The molecule has 0 aliphatic heterocycles. The van der Waals surface area contributed by atoms with Gasteiger partial charge in [-0.3, -0.25) is 4.72 Å². The molecule has 0 amide bonds. The number of sulfonamides is 1. The van der Waals surface area contributed by atoms with Crippen molar-refractivity contribution in [1.82, 2.24) is 0 Å². The van der Waals surface area contributed by atoms with E-state index < -0.39 is 10.0 Å². The Bertz CT molecular complexity index is 1370. The van der Waals surface area contributed by atoms with Gasteiger partial charge in [-0.15, -0.1) is 0 Å². The van der Waals surface area contributed by atoms with Crippen LogP contribution in [0.15, 0.2) is 47.4 Å². The molecule has 0 bridgehead atoms. The van der Waals surface area contributed by atoms with E-state index in [-0.39, 0.29) is 20.6 Å². The number of nitrogens with one attached hydrogen (secondary N) is 1. The van der Waals surface area contributed by atoms with Gasteiger partial charge < -0.3 is 23.7 Å². The van der Waals surface area contributed by atoms with Gasteiger partial charge in [-0.1, -0.05) is 35.4 Å². The highest BCUT2D eigenvalue weighted by Crippen LogP contribution is 2.40. The van der Waals surface area contributed by atoms with Crippen LogP contribution in [-0.2, 0) is 10.0 Å². The Morgan fingerprint density at radius 2 is 1.28 bits per heavy atom. The highest BCUT2D eigenvalue weighted by atomic mass is 35.5. The SMILES string of the molecule is COc1cc(/C=C\c2cc(OC)c(OC)c(OC)c2)c(NS(=O)(=O)c2ccc(Cl)c(Cl)c2)cc1OC. The van der Waals surface area contributed by atoms with Crippen molar-refractivity contribution in [1.29, 1.82) is 0 Å². The molecule has 0 heterocycles. The fraction of sp³-hybridized carbons (Fsp3) is 0.200. The van der Waals surface area contributed by atoms with E-state index in [0.29, 0.717) is 34.3 Å². The minimum Gasteiger partial charge on any atom is -0.493 e. The first-order chi connectivity index (χ1) is 17.2. The Labute approximate surface area is 220 Å². The number of hydrogen-bond acceptors (Lipinski definition) is 7. The van der Waals surface area contributed by atoms with Gasteiger partial charge in [0, 0.05) is 11.6 Å². The average molecular weight is 554 g/mol. The fourth-order valence-corrected chi connectivity index (χ4v) is 4.82. The van der Waals surface area contributed by atoms with E-state index in [4.69, 9.17) is 46.9 Å². The molecule has 0 saturated carbocycles. The topological polar surface area (TPSA) is 92.3 Å². The highest BCUT2D eigenvalue weighted by molar-refractivity contribution is 7.92. The molecule has 3 aromatic rings. The zero-order valence-corrected chi connectivity index (χ0v) is 22.5. The maximum Gasteiger partial charge on any atom is 0.261 e. The number of methoxy groups -OCH3 is 5. The van der Waals surface area contributed by atoms with E-state index in [2.05, 4.69) is 4.72 Å². The number of ether oxygens (including phenoxy) is 5. The molecule has 8 nitrogen and oxygen atoms in total. The van der Waals surface area contributed by atoms with E-state index in [1.165, 1.54) is 59.8 Å². The molecule has 0 aromatic heterocycles. The Balaban J connectivity index is 2.09. The molecular formula is C25H25Cl2NO7S. The molecule has 3 rings (SSSR count). The van der Waals surface area contributed by atoms with Crippen molar-refractivity contribution in [2.45, 2.75) is 4.90 Å². The molecule has 0 fully saturated rings. The molecule has 3 aromatic carbocycles. The minimum absolute atomic E-state index is 0.0498. The number of anilines is 1. The van der Waals surface area contributed by atoms with Crippen LogP contribution in [0.1, 0.15) is 11.1 Å². The molecule has 0 aliphatic rings. The van der Waals surface area contributed by atoms with Gasteiger partial charge in [0.2, 0.25) is 5.75 Å². The lowest BCUT2D eigenvalue weighted by atomic mass is 10.1. The van der Waals surface area contributed by atoms with Crippen molar-refractivity contribution >= 4 is 51.1 Å². The van der Waals surface area contributed by atoms with Crippen LogP contribution in [0.5, 0.6) is 28.7 Å². The van der Waals surface area contributed by atoms with Gasteiger partial charge in [-0.25, -0.2) is 8.42 Å². The lowest BCUT2D eigenvalue weighted by molar-refractivity contribution is 0.324. The van der Waals surface area contributed by atoms with Gasteiger partial charge in [-0.05, 0) is 42.0 Å². The van der Waals surface area contributed by atoms with Crippen molar-refractivity contribution in [3.63, 3.8) is 0 Å². The molecule has 192 valence electrons. The smallest absolute Gasteiger partial charge is 0.261 e. The van der Waals surface area contributed by atoms with Crippen LogP contribution in [0.25, 0.3) is 12.2 Å². The van der Waals surface area contributed by atoms with Crippen LogP contribution in [0.4, 0.5) is 5.69 Å². The van der Waals surface area contributed by atoms with Crippen molar-refractivity contribution in [2.24, 2.45) is 0 Å². The molecule has 0 atom stereocenters. The van der Waals surface area contributed by atoms with Crippen molar-refractivity contribution in [3.05, 3.63) is 63.6 Å². The molecule has 0 aliphatic carbocycles. The third-order valence-corrected chi connectivity index (χ3v) is 7.25. The van der Waals surface area contributed by atoms with E-state index >= 15 is 0 Å². The van der Waals surface area contributed by atoms with Gasteiger partial charge in [0.15, 0.2) is 23.0 Å². The standard InChI is InChI=1S/C25H25Cl2NO7S/c1-31-21-12-16(7-6-15-10-23(33-3)25(35-5)24(11-15)34-4)20(14-22(21)32-2)28-36(29,30)17-8-9-18(26)19(27)13-17/h6-14,28H,1-5H3/b7-6-. The van der Waals surface area contributed by atoms with Gasteiger partial charge in [0.05, 0.1) is 56.2 Å². The predicted molar refractivity (Wildman–Crippen MR) is 142 cm³/mol. The summed E-state index contributed by atoms with van der Waals surface area (Å²) in [6.07, 6.45) is 3.48. The Morgan fingerprint density at radius 1 is 0.694 bits per heavy atom. The second kappa shape index (κ2) is 11.6. The summed E-state index contributed by atoms with van der Waals surface area (Å²) in [6.45, 7) is 0. The highest BCUT2D eigenvalue weighted by Gasteiger charge is 2.19. The maximum atomic E-state index is 13.1.